The Hall–Kier alpha value is -1.36. The van der Waals surface area contributed by atoms with Crippen molar-refractivity contribution in [2.45, 2.75) is 32.6 Å². The fourth-order valence-corrected chi connectivity index (χ4v) is 3.06. The Balaban J connectivity index is 3.27. The quantitative estimate of drug-likeness (QED) is 0.547. The summed E-state index contributed by atoms with van der Waals surface area (Å²) in [5, 5.41) is 9.77. The molecule has 0 aliphatic carbocycles. The van der Waals surface area contributed by atoms with Gasteiger partial charge in [-0.25, -0.2) is 4.79 Å². The molecule has 6 nitrogen and oxygen atoms in total. The summed E-state index contributed by atoms with van der Waals surface area (Å²) in [4.78, 5) is 30.0. The number of carbonyl (C=O) groups excluding carboxylic acids is 1. The van der Waals surface area contributed by atoms with Crippen LogP contribution in [0.25, 0.3) is 0 Å². The third kappa shape index (κ3) is 4.32. The first kappa shape index (κ1) is 18.7. The Morgan fingerprint density at radius 1 is 1.36 bits per heavy atom. The van der Waals surface area contributed by atoms with Gasteiger partial charge >= 0.3 is 13.6 Å². The number of rotatable bonds is 6. The molecule has 0 saturated carbocycles. The van der Waals surface area contributed by atoms with Crippen LogP contribution in [0.5, 0.6) is 5.75 Å². The van der Waals surface area contributed by atoms with Gasteiger partial charge in [-0.15, -0.1) is 0 Å². The van der Waals surface area contributed by atoms with Gasteiger partial charge in [-0.05, 0) is 35.4 Å². The molecule has 1 rings (SSSR count). The van der Waals surface area contributed by atoms with Crippen molar-refractivity contribution in [1.29, 1.82) is 0 Å². The average Bonchev–Trinajstić information content (AvgIpc) is 2.43. The maximum absolute atomic E-state index is 11.7. The summed E-state index contributed by atoms with van der Waals surface area (Å²) in [5.74, 6) is -0.758. The second-order valence-corrected chi connectivity index (χ2v) is 7.71. The first-order valence-electron chi connectivity index (χ1n) is 6.97. The van der Waals surface area contributed by atoms with E-state index in [1.807, 2.05) is 20.8 Å². The summed E-state index contributed by atoms with van der Waals surface area (Å²) in [7, 11) is -2.88. The molecule has 0 radical (unpaired) electrons. The van der Waals surface area contributed by atoms with Crippen LogP contribution in [-0.4, -0.2) is 34.1 Å². The number of hydrogen-bond acceptors (Lipinski definition) is 4. The molecule has 0 bridgehead atoms. The number of esters is 1. The number of benzene rings is 1. The Morgan fingerprint density at radius 2 is 1.95 bits per heavy atom. The fraction of sp³-hybridized carbons (Fsp3) is 0.533. The Bertz CT molecular complexity index is 592. The lowest BCUT2D eigenvalue weighted by atomic mass is 9.71. The molecule has 22 heavy (non-hydrogen) atoms. The van der Waals surface area contributed by atoms with E-state index in [0.29, 0.717) is 0 Å². The topological polar surface area (TPSA) is 104 Å². The fourth-order valence-electron chi connectivity index (χ4n) is 2.31. The standard InChI is InChI=1S/C15H23O6P/c1-10(2)15(3,7-8-22(18,19)20)11-5-6-13(16)12(9-11)14(17)21-4/h5-6,9-10,16H,7-8H2,1-4H3,(H2,18,19,20). The maximum Gasteiger partial charge on any atom is 0.341 e. The van der Waals surface area contributed by atoms with Gasteiger partial charge in [0.05, 0.1) is 13.3 Å². The highest BCUT2D eigenvalue weighted by atomic mass is 31.2. The molecule has 1 unspecified atom stereocenters. The van der Waals surface area contributed by atoms with E-state index in [2.05, 4.69) is 4.74 Å². The van der Waals surface area contributed by atoms with Crippen LogP contribution in [-0.2, 0) is 14.7 Å². The van der Waals surface area contributed by atoms with Crippen LogP contribution in [0.4, 0.5) is 0 Å². The van der Waals surface area contributed by atoms with Crippen molar-refractivity contribution in [3.63, 3.8) is 0 Å². The average molecular weight is 330 g/mol. The molecular weight excluding hydrogens is 307 g/mol. The van der Waals surface area contributed by atoms with E-state index in [1.165, 1.54) is 19.2 Å². The highest BCUT2D eigenvalue weighted by Crippen LogP contribution is 2.43. The molecule has 124 valence electrons. The van der Waals surface area contributed by atoms with Gasteiger partial charge in [-0.2, -0.15) is 0 Å². The van der Waals surface area contributed by atoms with Crippen LogP contribution in [0.15, 0.2) is 18.2 Å². The summed E-state index contributed by atoms with van der Waals surface area (Å²) >= 11 is 0. The van der Waals surface area contributed by atoms with Gasteiger partial charge in [0.1, 0.15) is 11.3 Å². The molecule has 0 amide bonds. The monoisotopic (exact) mass is 330 g/mol. The number of phenols is 1. The number of carbonyl (C=O) groups is 1. The highest BCUT2D eigenvalue weighted by Gasteiger charge is 2.33. The Morgan fingerprint density at radius 3 is 2.41 bits per heavy atom. The van der Waals surface area contributed by atoms with Crippen molar-refractivity contribution in [2.24, 2.45) is 5.92 Å². The van der Waals surface area contributed by atoms with E-state index < -0.39 is 19.0 Å². The maximum atomic E-state index is 11.7. The van der Waals surface area contributed by atoms with Gasteiger partial charge in [-0.3, -0.25) is 4.57 Å². The van der Waals surface area contributed by atoms with Crippen LogP contribution in [0.1, 0.15) is 43.1 Å². The number of phenolic OH excluding ortho intramolecular Hbond substituents is 1. The molecule has 0 fully saturated rings. The number of methoxy groups -OCH3 is 1. The van der Waals surface area contributed by atoms with E-state index in [0.717, 1.165) is 5.56 Å². The van der Waals surface area contributed by atoms with Crippen molar-refractivity contribution < 1.29 is 29.0 Å². The number of aromatic hydroxyl groups is 1. The van der Waals surface area contributed by atoms with E-state index in [4.69, 9.17) is 9.79 Å². The van der Waals surface area contributed by atoms with E-state index >= 15 is 0 Å². The molecule has 1 aromatic rings. The summed E-state index contributed by atoms with van der Waals surface area (Å²) in [6, 6.07) is 4.60. The molecule has 0 aliphatic heterocycles. The molecule has 0 aromatic heterocycles. The zero-order valence-corrected chi connectivity index (χ0v) is 14.1. The molecule has 0 spiro atoms. The molecule has 0 saturated heterocycles. The third-order valence-corrected chi connectivity index (χ3v) is 5.06. The lowest BCUT2D eigenvalue weighted by molar-refractivity contribution is 0.0597. The van der Waals surface area contributed by atoms with Gasteiger partial charge in [-0.1, -0.05) is 26.8 Å². The second kappa shape index (κ2) is 6.82. The summed E-state index contributed by atoms with van der Waals surface area (Å²) in [6.45, 7) is 5.79. The molecule has 3 N–H and O–H groups in total. The highest BCUT2D eigenvalue weighted by molar-refractivity contribution is 7.51. The summed E-state index contributed by atoms with van der Waals surface area (Å²) < 4.78 is 15.8. The van der Waals surface area contributed by atoms with Crippen molar-refractivity contribution >= 4 is 13.6 Å². The van der Waals surface area contributed by atoms with Crippen LogP contribution in [0.3, 0.4) is 0 Å². The minimum absolute atomic E-state index is 0.0445. The minimum atomic E-state index is -4.11. The zero-order chi connectivity index (χ0) is 17.1. The summed E-state index contributed by atoms with van der Waals surface area (Å²) in [6.07, 6.45) is 0.0243. The molecule has 7 heteroatoms. The van der Waals surface area contributed by atoms with Gasteiger partial charge < -0.3 is 19.6 Å². The molecular formula is C15H23O6P. The summed E-state index contributed by atoms with van der Waals surface area (Å²) in [5.41, 5.74) is 0.231. The van der Waals surface area contributed by atoms with Gasteiger partial charge in [0.2, 0.25) is 0 Å². The normalized spacial score (nSPS) is 14.7. The Kier molecular flexibility index (Phi) is 5.79. The zero-order valence-electron chi connectivity index (χ0n) is 13.2. The van der Waals surface area contributed by atoms with Crippen molar-refractivity contribution in [2.75, 3.05) is 13.3 Å². The van der Waals surface area contributed by atoms with E-state index in [-0.39, 0.29) is 29.8 Å². The first-order chi connectivity index (χ1) is 10.0. The van der Waals surface area contributed by atoms with Crippen molar-refractivity contribution in [3.05, 3.63) is 29.3 Å². The van der Waals surface area contributed by atoms with Crippen molar-refractivity contribution in [1.82, 2.24) is 0 Å². The van der Waals surface area contributed by atoms with Crippen LogP contribution < -0.4 is 0 Å². The van der Waals surface area contributed by atoms with Crippen LogP contribution in [0.2, 0.25) is 0 Å². The number of ether oxygens (including phenoxy) is 1. The predicted molar refractivity (Wildman–Crippen MR) is 83.2 cm³/mol. The van der Waals surface area contributed by atoms with Gasteiger partial charge in [0.25, 0.3) is 0 Å². The minimum Gasteiger partial charge on any atom is -0.507 e. The van der Waals surface area contributed by atoms with Crippen LogP contribution >= 0.6 is 7.60 Å². The number of hydrogen-bond donors (Lipinski definition) is 3. The smallest absolute Gasteiger partial charge is 0.341 e. The largest absolute Gasteiger partial charge is 0.507 e. The van der Waals surface area contributed by atoms with Gasteiger partial charge in [0.15, 0.2) is 0 Å². The van der Waals surface area contributed by atoms with Gasteiger partial charge in [0, 0.05) is 0 Å². The molecule has 1 aromatic carbocycles. The van der Waals surface area contributed by atoms with Crippen molar-refractivity contribution in [3.8, 4) is 5.75 Å². The van der Waals surface area contributed by atoms with E-state index in [9.17, 15) is 14.5 Å². The molecule has 0 heterocycles. The second-order valence-electron chi connectivity index (χ2n) is 5.93. The lowest BCUT2D eigenvalue weighted by Crippen LogP contribution is -2.30. The first-order valence-corrected chi connectivity index (χ1v) is 8.77. The lowest BCUT2D eigenvalue weighted by Gasteiger charge is -2.35. The predicted octanol–water partition coefficient (Wildman–Crippen LogP) is 2.66. The van der Waals surface area contributed by atoms with E-state index in [1.54, 1.807) is 6.07 Å². The SMILES string of the molecule is COC(=O)c1cc(C(C)(CCP(=O)(O)O)C(C)C)ccc1O. The third-order valence-electron chi connectivity index (χ3n) is 4.26. The Labute approximate surface area is 130 Å². The van der Waals surface area contributed by atoms with Crippen LogP contribution in [0, 0.1) is 5.92 Å². The molecule has 0 aliphatic rings. The molecule has 1 atom stereocenters.